The van der Waals surface area contributed by atoms with Crippen LogP contribution < -0.4 is 21.3 Å². The Labute approximate surface area is 252 Å². The van der Waals surface area contributed by atoms with Gasteiger partial charge in [-0.15, -0.1) is 0 Å². The molecule has 0 bridgehead atoms. The molecule has 6 amide bonds. The van der Waals surface area contributed by atoms with Gasteiger partial charge in [0.2, 0.25) is 29.5 Å². The zero-order valence-corrected chi connectivity index (χ0v) is 25.4. The molecule has 43 heavy (non-hydrogen) atoms. The maximum atomic E-state index is 13.7. The van der Waals surface area contributed by atoms with E-state index in [1.807, 2.05) is 0 Å². The summed E-state index contributed by atoms with van der Waals surface area (Å²) in [6.07, 6.45) is 2.43. The largest absolute Gasteiger partial charge is 0.444 e. The lowest BCUT2D eigenvalue weighted by molar-refractivity contribution is -0.142. The first-order valence-corrected chi connectivity index (χ1v) is 13.9. The first-order valence-electron chi connectivity index (χ1n) is 13.9. The van der Waals surface area contributed by atoms with Gasteiger partial charge in [0, 0.05) is 32.4 Å². The second kappa shape index (κ2) is 15.5. The van der Waals surface area contributed by atoms with Crippen molar-refractivity contribution in [3.05, 3.63) is 55.1 Å². The number of nitrogens with zero attached hydrogens (tertiary/aromatic N) is 2. The second-order valence-corrected chi connectivity index (χ2v) is 11.1. The number of anilines is 1. The SMILES string of the molecule is C=CC(=O)NCC(NC(=O)C(C)N(C)C(=O)OC(C)(C)C)C(=O)N1CCCC1C(=O)NCc1cccc(NC(=O)C=C)c1. The molecular weight excluding hydrogens is 556 g/mol. The van der Waals surface area contributed by atoms with Gasteiger partial charge in [-0.05, 0) is 70.4 Å². The first kappa shape index (κ1) is 34.5. The van der Waals surface area contributed by atoms with E-state index in [9.17, 15) is 28.8 Å². The monoisotopic (exact) mass is 598 g/mol. The number of rotatable bonds is 12. The Morgan fingerprint density at radius 2 is 1.77 bits per heavy atom. The second-order valence-electron chi connectivity index (χ2n) is 11.1. The number of ether oxygens (including phenoxy) is 1. The predicted molar refractivity (Wildman–Crippen MR) is 160 cm³/mol. The van der Waals surface area contributed by atoms with Gasteiger partial charge in [0.25, 0.3) is 0 Å². The highest BCUT2D eigenvalue weighted by atomic mass is 16.6. The van der Waals surface area contributed by atoms with E-state index in [2.05, 4.69) is 34.4 Å². The Bertz CT molecular complexity index is 1240. The molecular formula is C30H42N6O7. The van der Waals surface area contributed by atoms with E-state index in [0.717, 1.165) is 22.6 Å². The molecule has 3 unspecified atom stereocenters. The zero-order valence-electron chi connectivity index (χ0n) is 25.4. The number of hydrogen-bond donors (Lipinski definition) is 4. The zero-order chi connectivity index (χ0) is 32.3. The summed E-state index contributed by atoms with van der Waals surface area (Å²) in [5.41, 5.74) is 0.498. The number of benzene rings is 1. The maximum absolute atomic E-state index is 13.7. The van der Waals surface area contributed by atoms with E-state index < -0.39 is 47.5 Å². The lowest BCUT2D eigenvalue weighted by Crippen LogP contribution is -2.59. The standard InChI is InChI=1S/C30H42N6O7/c1-8-24(37)31-18-22(34-26(39)19(3)35(7)29(42)43-30(4,5)6)28(41)36-15-11-14-23(36)27(40)32-17-20-12-10-13-21(16-20)33-25(38)9-2/h8-10,12-13,16,19,22-23H,1-2,11,14-15,17-18H2,3-7H3,(H,31,37)(H,32,40)(H,33,38)(H,34,39). The number of amides is 6. The summed E-state index contributed by atoms with van der Waals surface area (Å²) in [7, 11) is 1.40. The smallest absolute Gasteiger partial charge is 0.410 e. The third kappa shape index (κ3) is 10.6. The van der Waals surface area contributed by atoms with Crippen molar-refractivity contribution in [3.63, 3.8) is 0 Å². The van der Waals surface area contributed by atoms with Crippen molar-refractivity contribution >= 4 is 41.3 Å². The van der Waals surface area contributed by atoms with E-state index in [0.29, 0.717) is 18.5 Å². The third-order valence-corrected chi connectivity index (χ3v) is 6.61. The lowest BCUT2D eigenvalue weighted by Gasteiger charge is -2.31. The van der Waals surface area contributed by atoms with Crippen LogP contribution in [-0.2, 0) is 35.3 Å². The maximum Gasteiger partial charge on any atom is 0.410 e. The van der Waals surface area contributed by atoms with Crippen LogP contribution in [0.25, 0.3) is 0 Å². The van der Waals surface area contributed by atoms with Crippen molar-refractivity contribution in [1.29, 1.82) is 0 Å². The van der Waals surface area contributed by atoms with Crippen LogP contribution >= 0.6 is 0 Å². The van der Waals surface area contributed by atoms with Gasteiger partial charge in [-0.1, -0.05) is 25.3 Å². The summed E-state index contributed by atoms with van der Waals surface area (Å²) in [4.78, 5) is 78.4. The molecule has 1 fully saturated rings. The molecule has 2 rings (SSSR count). The quantitative estimate of drug-likeness (QED) is 0.264. The molecule has 0 aliphatic carbocycles. The average molecular weight is 599 g/mol. The Balaban J connectivity index is 2.13. The Hall–Kier alpha value is -4.68. The van der Waals surface area contributed by atoms with Crippen LogP contribution in [0, 0.1) is 0 Å². The summed E-state index contributed by atoms with van der Waals surface area (Å²) >= 11 is 0. The molecule has 0 aromatic heterocycles. The van der Waals surface area contributed by atoms with Crippen molar-refractivity contribution < 1.29 is 33.5 Å². The molecule has 0 spiro atoms. The molecule has 1 aromatic carbocycles. The van der Waals surface area contributed by atoms with Gasteiger partial charge < -0.3 is 30.9 Å². The van der Waals surface area contributed by atoms with Gasteiger partial charge in [-0.25, -0.2) is 4.79 Å². The van der Waals surface area contributed by atoms with Crippen molar-refractivity contribution in [1.82, 2.24) is 25.8 Å². The molecule has 13 nitrogen and oxygen atoms in total. The number of nitrogens with one attached hydrogen (secondary N) is 4. The fraction of sp³-hybridized carbons (Fsp3) is 0.467. The molecule has 1 aliphatic rings. The minimum absolute atomic E-state index is 0.152. The van der Waals surface area contributed by atoms with E-state index in [1.54, 1.807) is 45.0 Å². The van der Waals surface area contributed by atoms with E-state index in [-0.39, 0.29) is 31.4 Å². The molecule has 0 radical (unpaired) electrons. The van der Waals surface area contributed by atoms with Crippen LogP contribution in [0.5, 0.6) is 0 Å². The van der Waals surface area contributed by atoms with Gasteiger partial charge >= 0.3 is 6.09 Å². The number of likely N-dealkylation sites (N-methyl/N-ethyl adjacent to an activating group) is 1. The average Bonchev–Trinajstić information content (AvgIpc) is 3.46. The van der Waals surface area contributed by atoms with Crippen molar-refractivity contribution in [2.45, 2.75) is 70.8 Å². The molecule has 3 atom stereocenters. The number of likely N-dealkylation sites (tertiary alicyclic amines) is 1. The van der Waals surface area contributed by atoms with E-state index in [4.69, 9.17) is 4.74 Å². The molecule has 4 N–H and O–H groups in total. The van der Waals surface area contributed by atoms with Crippen LogP contribution in [0.1, 0.15) is 46.1 Å². The number of carbonyl (C=O) groups is 6. The molecule has 13 heteroatoms. The minimum Gasteiger partial charge on any atom is -0.444 e. The van der Waals surface area contributed by atoms with E-state index in [1.165, 1.54) is 18.9 Å². The van der Waals surface area contributed by atoms with Crippen LogP contribution in [0.4, 0.5) is 10.5 Å². The van der Waals surface area contributed by atoms with Crippen LogP contribution in [0.3, 0.4) is 0 Å². The third-order valence-electron chi connectivity index (χ3n) is 6.61. The van der Waals surface area contributed by atoms with Gasteiger partial charge in [-0.3, -0.25) is 28.9 Å². The number of carbonyl (C=O) groups excluding carboxylic acids is 6. The Morgan fingerprint density at radius 1 is 1.09 bits per heavy atom. The van der Waals surface area contributed by atoms with Gasteiger partial charge in [0.15, 0.2) is 0 Å². The summed E-state index contributed by atoms with van der Waals surface area (Å²) < 4.78 is 5.32. The van der Waals surface area contributed by atoms with E-state index >= 15 is 0 Å². The molecule has 0 saturated carbocycles. The van der Waals surface area contributed by atoms with Crippen LogP contribution in [0.2, 0.25) is 0 Å². The summed E-state index contributed by atoms with van der Waals surface area (Å²) in [5.74, 6) is -2.50. The molecule has 234 valence electrons. The fourth-order valence-electron chi connectivity index (χ4n) is 4.20. The van der Waals surface area contributed by atoms with Gasteiger partial charge in [-0.2, -0.15) is 0 Å². The number of hydrogen-bond acceptors (Lipinski definition) is 7. The molecule has 1 aliphatic heterocycles. The normalized spacial score (nSPS) is 15.7. The fourth-order valence-corrected chi connectivity index (χ4v) is 4.20. The lowest BCUT2D eigenvalue weighted by atomic mass is 10.1. The molecule has 1 heterocycles. The topological polar surface area (TPSA) is 166 Å². The van der Waals surface area contributed by atoms with Crippen LogP contribution in [-0.4, -0.2) is 89.3 Å². The van der Waals surface area contributed by atoms with Crippen molar-refractivity contribution in [3.8, 4) is 0 Å². The van der Waals surface area contributed by atoms with Gasteiger partial charge in [0.1, 0.15) is 23.7 Å². The highest BCUT2D eigenvalue weighted by Crippen LogP contribution is 2.20. The summed E-state index contributed by atoms with van der Waals surface area (Å²) in [6, 6.07) is 3.91. The minimum atomic E-state index is -1.22. The van der Waals surface area contributed by atoms with Crippen molar-refractivity contribution in [2.75, 3.05) is 25.5 Å². The Morgan fingerprint density at radius 3 is 2.40 bits per heavy atom. The molecule has 1 saturated heterocycles. The predicted octanol–water partition coefficient (Wildman–Crippen LogP) is 1.46. The Kier molecular flexibility index (Phi) is 12.5. The summed E-state index contributed by atoms with van der Waals surface area (Å²) in [5, 5.41) is 10.6. The van der Waals surface area contributed by atoms with Crippen molar-refractivity contribution in [2.24, 2.45) is 0 Å². The summed E-state index contributed by atoms with van der Waals surface area (Å²) in [6.45, 7) is 13.6. The van der Waals surface area contributed by atoms with Crippen LogP contribution in [0.15, 0.2) is 49.6 Å². The highest BCUT2D eigenvalue weighted by molar-refractivity contribution is 5.99. The van der Waals surface area contributed by atoms with Gasteiger partial charge in [0.05, 0.1) is 0 Å². The molecule has 1 aromatic rings. The first-order chi connectivity index (χ1) is 20.2. The highest BCUT2D eigenvalue weighted by Gasteiger charge is 2.38.